The van der Waals surface area contributed by atoms with E-state index >= 15 is 0 Å². The molecule has 3 heterocycles. The van der Waals surface area contributed by atoms with Gasteiger partial charge in [-0.1, -0.05) is 67.6 Å². The quantitative estimate of drug-likeness (QED) is 0.421. The Hall–Kier alpha value is -4.33. The van der Waals surface area contributed by atoms with Gasteiger partial charge in [0, 0.05) is 23.4 Å². The third-order valence-electron chi connectivity index (χ3n) is 5.32. The van der Waals surface area contributed by atoms with Crippen molar-refractivity contribution in [1.82, 2.24) is 29.5 Å². The monoisotopic (exact) mass is 422 g/mol. The Bertz CT molecular complexity index is 1350. The van der Waals surface area contributed by atoms with E-state index in [4.69, 9.17) is 10.7 Å². The number of rotatable bonds is 6. The molecule has 0 aliphatic carbocycles. The van der Waals surface area contributed by atoms with Gasteiger partial charge in [0.15, 0.2) is 5.65 Å². The fourth-order valence-corrected chi connectivity index (χ4v) is 3.71. The molecule has 8 nitrogen and oxygen atoms in total. The molecule has 5 rings (SSSR count). The number of fused-ring (bicyclic) bond motifs is 1. The van der Waals surface area contributed by atoms with Crippen LogP contribution in [0.15, 0.2) is 79.3 Å². The molecule has 1 unspecified atom stereocenters. The lowest BCUT2D eigenvalue weighted by atomic mass is 9.95. The summed E-state index contributed by atoms with van der Waals surface area (Å²) in [6, 6.07) is 22.2. The molecule has 0 saturated carbocycles. The van der Waals surface area contributed by atoms with E-state index in [1.165, 1.54) is 11.9 Å². The number of hydrogen-bond acceptors (Lipinski definition) is 7. The molecule has 0 aliphatic heterocycles. The van der Waals surface area contributed by atoms with E-state index in [0.29, 0.717) is 17.4 Å². The number of anilines is 3. The summed E-state index contributed by atoms with van der Waals surface area (Å²) < 4.78 is 1.65. The van der Waals surface area contributed by atoms with Gasteiger partial charge in [-0.2, -0.15) is 14.6 Å². The number of benzene rings is 2. The predicted molar refractivity (Wildman–Crippen MR) is 125 cm³/mol. The highest BCUT2D eigenvalue weighted by Crippen LogP contribution is 2.29. The summed E-state index contributed by atoms with van der Waals surface area (Å²) in [5.74, 6) is 1.46. The Balaban J connectivity index is 1.54. The minimum atomic E-state index is 0.157. The summed E-state index contributed by atoms with van der Waals surface area (Å²) in [7, 11) is 0. The van der Waals surface area contributed by atoms with E-state index in [9.17, 15) is 0 Å². The van der Waals surface area contributed by atoms with Gasteiger partial charge in [-0.3, -0.25) is 0 Å². The van der Waals surface area contributed by atoms with Crippen LogP contribution in [0.2, 0.25) is 0 Å². The third kappa shape index (κ3) is 3.98. The Morgan fingerprint density at radius 2 is 1.72 bits per heavy atom. The molecule has 3 N–H and O–H groups in total. The van der Waals surface area contributed by atoms with E-state index in [1.807, 2.05) is 54.6 Å². The van der Waals surface area contributed by atoms with Gasteiger partial charge in [0.2, 0.25) is 11.9 Å². The van der Waals surface area contributed by atoms with E-state index in [0.717, 1.165) is 23.2 Å². The molecule has 2 aromatic carbocycles. The molecule has 0 bridgehead atoms. The lowest BCUT2D eigenvalue weighted by molar-refractivity contribution is 0.751. The van der Waals surface area contributed by atoms with Crippen molar-refractivity contribution in [3.63, 3.8) is 0 Å². The van der Waals surface area contributed by atoms with Crippen molar-refractivity contribution in [3.8, 4) is 11.3 Å². The van der Waals surface area contributed by atoms with Crippen LogP contribution in [-0.4, -0.2) is 29.5 Å². The van der Waals surface area contributed by atoms with Crippen LogP contribution in [0.25, 0.3) is 16.9 Å². The summed E-state index contributed by atoms with van der Waals surface area (Å²) in [6.45, 7) is 2.14. The fourth-order valence-electron chi connectivity index (χ4n) is 3.71. The lowest BCUT2D eigenvalue weighted by Crippen LogP contribution is -2.11. The van der Waals surface area contributed by atoms with E-state index < -0.39 is 0 Å². The van der Waals surface area contributed by atoms with Crippen LogP contribution in [0, 0.1) is 0 Å². The predicted octanol–water partition coefficient (Wildman–Crippen LogP) is 4.25. The average molecular weight is 422 g/mol. The van der Waals surface area contributed by atoms with Crippen LogP contribution in [0.5, 0.6) is 0 Å². The molecule has 0 saturated heterocycles. The molecule has 0 spiro atoms. The van der Waals surface area contributed by atoms with Crippen molar-refractivity contribution >= 4 is 23.4 Å². The minimum Gasteiger partial charge on any atom is -0.368 e. The summed E-state index contributed by atoms with van der Waals surface area (Å²) in [4.78, 5) is 17.9. The first kappa shape index (κ1) is 19.6. The number of aromatic nitrogens is 6. The lowest BCUT2D eigenvalue weighted by Gasteiger charge is -2.17. The topological polar surface area (TPSA) is 107 Å². The number of hydrogen-bond donors (Lipinski definition) is 2. The minimum absolute atomic E-state index is 0.157. The molecule has 0 amide bonds. The van der Waals surface area contributed by atoms with Gasteiger partial charge in [-0.05, 0) is 17.9 Å². The zero-order chi connectivity index (χ0) is 21.9. The molecule has 158 valence electrons. The second kappa shape index (κ2) is 8.43. The van der Waals surface area contributed by atoms with Gasteiger partial charge in [-0.25, -0.2) is 15.0 Å². The largest absolute Gasteiger partial charge is 0.368 e. The smallest absolute Gasteiger partial charge is 0.232 e. The van der Waals surface area contributed by atoms with Gasteiger partial charge in [-0.15, -0.1) is 0 Å². The molecule has 0 fully saturated rings. The van der Waals surface area contributed by atoms with E-state index in [1.54, 1.807) is 10.7 Å². The van der Waals surface area contributed by atoms with Crippen molar-refractivity contribution in [3.05, 3.63) is 90.4 Å². The first-order valence-electron chi connectivity index (χ1n) is 10.4. The molecule has 32 heavy (non-hydrogen) atoms. The zero-order valence-electron chi connectivity index (χ0n) is 17.6. The average Bonchev–Trinajstić information content (AvgIpc) is 3.29. The maximum absolute atomic E-state index is 5.93. The third-order valence-corrected chi connectivity index (χ3v) is 5.32. The first-order chi connectivity index (χ1) is 15.7. The van der Waals surface area contributed by atoms with Crippen LogP contribution in [0.4, 0.5) is 17.7 Å². The number of nitrogens with zero attached hydrogens (tertiary/aromatic N) is 6. The molecular formula is C24H22N8. The summed E-state index contributed by atoms with van der Waals surface area (Å²) in [6.07, 6.45) is 4.13. The van der Waals surface area contributed by atoms with Crippen LogP contribution >= 0.6 is 0 Å². The van der Waals surface area contributed by atoms with Gasteiger partial charge >= 0.3 is 0 Å². The summed E-state index contributed by atoms with van der Waals surface area (Å²) >= 11 is 0. The Morgan fingerprint density at radius 1 is 0.969 bits per heavy atom. The number of nitrogens with two attached hydrogens (primary N) is 1. The van der Waals surface area contributed by atoms with Gasteiger partial charge in [0.05, 0.1) is 5.69 Å². The van der Waals surface area contributed by atoms with Crippen molar-refractivity contribution in [2.24, 2.45) is 0 Å². The molecule has 0 radical (unpaired) electrons. The number of nitrogens with one attached hydrogen (secondary N) is 1. The SMILES string of the molecule is CC(Cc1ccccc1)c1cnc(N)nc1Nc1nc(-c2ccccc2)cc2ncnn12. The molecule has 3 aromatic heterocycles. The Labute approximate surface area is 185 Å². The second-order valence-corrected chi connectivity index (χ2v) is 7.61. The molecule has 5 aromatic rings. The van der Waals surface area contributed by atoms with Gasteiger partial charge < -0.3 is 11.1 Å². The number of nitrogen functional groups attached to an aromatic ring is 1. The van der Waals surface area contributed by atoms with Crippen LogP contribution < -0.4 is 11.1 Å². The second-order valence-electron chi connectivity index (χ2n) is 7.61. The van der Waals surface area contributed by atoms with Crippen molar-refractivity contribution in [2.45, 2.75) is 19.3 Å². The van der Waals surface area contributed by atoms with E-state index in [-0.39, 0.29) is 11.9 Å². The highest BCUT2D eigenvalue weighted by molar-refractivity contribution is 5.67. The highest BCUT2D eigenvalue weighted by Gasteiger charge is 2.17. The maximum Gasteiger partial charge on any atom is 0.232 e. The molecule has 8 heteroatoms. The summed E-state index contributed by atoms with van der Waals surface area (Å²) in [5.41, 5.74) is 10.6. The Kier molecular flexibility index (Phi) is 5.17. The normalized spacial score (nSPS) is 12.0. The van der Waals surface area contributed by atoms with Crippen molar-refractivity contribution in [1.29, 1.82) is 0 Å². The van der Waals surface area contributed by atoms with Gasteiger partial charge in [0.25, 0.3) is 0 Å². The first-order valence-corrected chi connectivity index (χ1v) is 10.4. The molecule has 1 atom stereocenters. The highest BCUT2D eigenvalue weighted by atomic mass is 15.4. The zero-order valence-corrected chi connectivity index (χ0v) is 17.6. The van der Waals surface area contributed by atoms with E-state index in [2.05, 4.69) is 44.4 Å². The van der Waals surface area contributed by atoms with Crippen LogP contribution in [-0.2, 0) is 6.42 Å². The molecule has 0 aliphatic rings. The maximum atomic E-state index is 5.93. The molecular weight excluding hydrogens is 400 g/mol. The van der Waals surface area contributed by atoms with Gasteiger partial charge in [0.1, 0.15) is 12.1 Å². The standard InChI is InChI=1S/C24H22N8/c1-16(12-17-8-4-2-5-9-17)19-14-26-23(25)30-22(19)31-24-29-20(18-10-6-3-7-11-18)13-21-27-15-28-32(21)24/h2-11,13-16H,12H2,1H3,(H3,25,26,29,30,31). The Morgan fingerprint density at radius 3 is 2.50 bits per heavy atom. The fraction of sp³-hybridized carbons (Fsp3) is 0.125. The van der Waals surface area contributed by atoms with Crippen LogP contribution in [0.3, 0.4) is 0 Å². The van der Waals surface area contributed by atoms with Crippen molar-refractivity contribution < 1.29 is 0 Å². The van der Waals surface area contributed by atoms with Crippen molar-refractivity contribution in [2.75, 3.05) is 11.1 Å². The van der Waals surface area contributed by atoms with Crippen LogP contribution in [0.1, 0.15) is 24.0 Å². The summed E-state index contributed by atoms with van der Waals surface area (Å²) in [5, 5.41) is 7.66.